The van der Waals surface area contributed by atoms with E-state index in [9.17, 15) is 4.79 Å². The number of benzene rings is 2. The van der Waals surface area contributed by atoms with Crippen molar-refractivity contribution in [3.8, 4) is 11.1 Å². The second-order valence-electron chi connectivity index (χ2n) is 7.76. The highest BCUT2D eigenvalue weighted by Crippen LogP contribution is 2.50. The van der Waals surface area contributed by atoms with Crippen LogP contribution in [0.15, 0.2) is 90.4 Å². The third kappa shape index (κ3) is 3.27. The topological polar surface area (TPSA) is 60.7 Å². The smallest absolute Gasteiger partial charge is 0.259 e. The lowest BCUT2D eigenvalue weighted by molar-refractivity contribution is 0.688. The van der Waals surface area contributed by atoms with Crippen molar-refractivity contribution in [3.63, 3.8) is 0 Å². The molecule has 0 bridgehead atoms. The Bertz CT molecular complexity index is 1470. The van der Waals surface area contributed by atoms with Crippen molar-refractivity contribution < 1.29 is 0 Å². The molecule has 1 saturated carbocycles. The van der Waals surface area contributed by atoms with Crippen molar-refractivity contribution in [1.82, 2.24) is 19.5 Å². The van der Waals surface area contributed by atoms with Crippen LogP contribution in [0.4, 0.5) is 0 Å². The lowest BCUT2D eigenvalue weighted by Gasteiger charge is -2.10. The van der Waals surface area contributed by atoms with E-state index in [2.05, 4.69) is 28.2 Å². The zero-order valence-electron chi connectivity index (χ0n) is 16.6. The summed E-state index contributed by atoms with van der Waals surface area (Å²) in [6.07, 6.45) is 7.84. The quantitative estimate of drug-likeness (QED) is 0.400. The molecule has 0 amide bonds. The van der Waals surface area contributed by atoms with Crippen molar-refractivity contribution in [1.29, 1.82) is 0 Å². The van der Waals surface area contributed by atoms with Gasteiger partial charge in [-0.2, -0.15) is 0 Å². The van der Waals surface area contributed by atoms with Gasteiger partial charge in [0.15, 0.2) is 0 Å². The van der Waals surface area contributed by atoms with Crippen LogP contribution in [0.2, 0.25) is 0 Å². The average molecular weight is 427 g/mol. The van der Waals surface area contributed by atoms with Gasteiger partial charge in [0.2, 0.25) is 0 Å². The summed E-state index contributed by atoms with van der Waals surface area (Å²) >= 11 is 0. The molecule has 0 spiro atoms. The monoisotopic (exact) mass is 426 g/mol. The molecule has 2 atom stereocenters. The Morgan fingerprint density at radius 1 is 0.871 bits per heavy atom. The lowest BCUT2D eigenvalue weighted by atomic mass is 10.0. The third-order valence-electron chi connectivity index (χ3n) is 5.95. The van der Waals surface area contributed by atoms with Crippen molar-refractivity contribution in [2.24, 2.45) is 0 Å². The standard InChI is InChI=1S/C25H18N4O.ClH/c30-25-24-17(5-3-6-19(24)18-13-26-15-27-14-18)10-11-29(25)23-12-20(23)22-9-8-16-4-1-2-7-21(16)28-22;/h1-11,13-15,20,23H,12H2;1H/t20-,23+;/m0./s1. The maximum Gasteiger partial charge on any atom is 0.259 e. The van der Waals surface area contributed by atoms with Gasteiger partial charge in [-0.15, -0.1) is 12.4 Å². The SMILES string of the molecule is Cl.O=c1c2c(-c3cncnc3)cccc2ccn1[C@@H]1C[C@H]1c1ccc2ccccc2n1. The van der Waals surface area contributed by atoms with Crippen LogP contribution in [0.1, 0.15) is 24.1 Å². The predicted molar refractivity (Wildman–Crippen MR) is 125 cm³/mol. The molecule has 1 aliphatic rings. The molecule has 1 aliphatic carbocycles. The first-order chi connectivity index (χ1) is 14.8. The highest BCUT2D eigenvalue weighted by Gasteiger charge is 2.41. The molecule has 5 nitrogen and oxygen atoms in total. The van der Waals surface area contributed by atoms with Crippen molar-refractivity contribution in [2.45, 2.75) is 18.4 Å². The van der Waals surface area contributed by atoms with Gasteiger partial charge < -0.3 is 4.57 Å². The van der Waals surface area contributed by atoms with Crippen molar-refractivity contribution in [2.75, 3.05) is 0 Å². The number of halogens is 1. The maximum atomic E-state index is 13.5. The number of rotatable bonds is 3. The summed E-state index contributed by atoms with van der Waals surface area (Å²) in [5, 5.41) is 2.78. The second kappa shape index (κ2) is 7.60. The van der Waals surface area contributed by atoms with Crippen LogP contribution < -0.4 is 5.56 Å². The van der Waals surface area contributed by atoms with E-state index >= 15 is 0 Å². The molecular formula is C25H19ClN4O. The highest BCUT2D eigenvalue weighted by atomic mass is 35.5. The fourth-order valence-electron chi connectivity index (χ4n) is 4.34. The molecule has 0 unspecified atom stereocenters. The van der Waals surface area contributed by atoms with Crippen LogP contribution in [0.3, 0.4) is 0 Å². The zero-order valence-corrected chi connectivity index (χ0v) is 17.4. The van der Waals surface area contributed by atoms with Gasteiger partial charge in [0, 0.05) is 47.2 Å². The Labute approximate surface area is 184 Å². The van der Waals surface area contributed by atoms with Gasteiger partial charge in [-0.3, -0.25) is 9.78 Å². The summed E-state index contributed by atoms with van der Waals surface area (Å²) in [5.74, 6) is 0.261. The molecular weight excluding hydrogens is 408 g/mol. The Morgan fingerprint density at radius 2 is 1.68 bits per heavy atom. The predicted octanol–water partition coefficient (Wildman–Crippen LogP) is 5.16. The van der Waals surface area contributed by atoms with Gasteiger partial charge in [0.1, 0.15) is 6.33 Å². The van der Waals surface area contributed by atoms with Gasteiger partial charge in [-0.1, -0.05) is 42.5 Å². The van der Waals surface area contributed by atoms with Crippen LogP contribution in [-0.2, 0) is 0 Å². The van der Waals surface area contributed by atoms with E-state index in [1.54, 1.807) is 12.4 Å². The first-order valence-corrected chi connectivity index (χ1v) is 10.0. The Kier molecular flexibility index (Phi) is 4.75. The van der Waals surface area contributed by atoms with E-state index in [0.29, 0.717) is 5.39 Å². The van der Waals surface area contributed by atoms with E-state index in [4.69, 9.17) is 4.98 Å². The molecule has 0 N–H and O–H groups in total. The first kappa shape index (κ1) is 19.4. The van der Waals surface area contributed by atoms with E-state index in [-0.39, 0.29) is 29.9 Å². The third-order valence-corrected chi connectivity index (χ3v) is 5.95. The van der Waals surface area contributed by atoms with Crippen molar-refractivity contribution >= 4 is 34.1 Å². The van der Waals surface area contributed by atoms with Crippen molar-refractivity contribution in [3.05, 3.63) is 102 Å². The molecule has 6 rings (SSSR count). The normalized spacial score (nSPS) is 17.4. The van der Waals surface area contributed by atoms with Crippen LogP contribution >= 0.6 is 12.4 Å². The minimum atomic E-state index is 0. The van der Waals surface area contributed by atoms with Crippen LogP contribution in [0, 0.1) is 0 Å². The summed E-state index contributed by atoms with van der Waals surface area (Å²) in [6, 6.07) is 20.4. The second-order valence-corrected chi connectivity index (χ2v) is 7.76. The molecule has 0 radical (unpaired) electrons. The van der Waals surface area contributed by atoms with Gasteiger partial charge in [0.05, 0.1) is 10.9 Å². The molecule has 31 heavy (non-hydrogen) atoms. The Hall–Kier alpha value is -3.57. The number of hydrogen-bond acceptors (Lipinski definition) is 4. The van der Waals surface area contributed by atoms with E-state index in [1.165, 1.54) is 6.33 Å². The zero-order chi connectivity index (χ0) is 20.1. The lowest BCUT2D eigenvalue weighted by Crippen LogP contribution is -2.19. The van der Waals surface area contributed by atoms with E-state index in [1.807, 2.05) is 53.2 Å². The summed E-state index contributed by atoms with van der Waals surface area (Å²) in [6.45, 7) is 0. The summed E-state index contributed by atoms with van der Waals surface area (Å²) in [4.78, 5) is 26.6. The number of aromatic nitrogens is 4. The fourth-order valence-corrected chi connectivity index (χ4v) is 4.34. The molecule has 152 valence electrons. The maximum absolute atomic E-state index is 13.5. The van der Waals surface area contributed by atoms with Crippen LogP contribution in [0.25, 0.3) is 32.8 Å². The van der Waals surface area contributed by atoms with Gasteiger partial charge in [0.25, 0.3) is 5.56 Å². The first-order valence-electron chi connectivity index (χ1n) is 10.0. The fraction of sp³-hybridized carbons (Fsp3) is 0.120. The largest absolute Gasteiger partial charge is 0.311 e. The molecule has 0 aliphatic heterocycles. The molecule has 3 aromatic heterocycles. The van der Waals surface area contributed by atoms with Gasteiger partial charge in [-0.05, 0) is 35.6 Å². The molecule has 5 aromatic rings. The van der Waals surface area contributed by atoms with E-state index < -0.39 is 0 Å². The Balaban J connectivity index is 0.00000204. The van der Waals surface area contributed by atoms with E-state index in [0.717, 1.165) is 39.5 Å². The molecule has 2 aromatic carbocycles. The summed E-state index contributed by atoms with van der Waals surface area (Å²) < 4.78 is 1.87. The van der Waals surface area contributed by atoms with Gasteiger partial charge >= 0.3 is 0 Å². The van der Waals surface area contributed by atoms with Crippen LogP contribution in [0.5, 0.6) is 0 Å². The highest BCUT2D eigenvalue weighted by molar-refractivity contribution is 5.95. The molecule has 6 heteroatoms. The number of pyridine rings is 2. The average Bonchev–Trinajstić information content (AvgIpc) is 3.60. The Morgan fingerprint density at radius 3 is 2.55 bits per heavy atom. The van der Waals surface area contributed by atoms with Crippen LogP contribution in [-0.4, -0.2) is 19.5 Å². The molecule has 3 heterocycles. The minimum absolute atomic E-state index is 0. The summed E-state index contributed by atoms with van der Waals surface area (Å²) in [5.41, 5.74) is 3.79. The molecule has 0 saturated heterocycles. The number of hydrogen-bond donors (Lipinski definition) is 0. The number of para-hydroxylation sites is 1. The molecule has 1 fully saturated rings. The number of nitrogens with zero attached hydrogens (tertiary/aromatic N) is 4. The summed E-state index contributed by atoms with van der Waals surface area (Å²) in [7, 11) is 0. The number of fused-ring (bicyclic) bond motifs is 2. The van der Waals surface area contributed by atoms with Gasteiger partial charge in [-0.25, -0.2) is 9.97 Å². The minimum Gasteiger partial charge on any atom is -0.311 e.